The monoisotopic (exact) mass is 278 g/mol. The van der Waals surface area contributed by atoms with Gasteiger partial charge in [0.05, 0.1) is 11.7 Å². The Morgan fingerprint density at radius 2 is 1.50 bits per heavy atom. The summed E-state index contributed by atoms with van der Waals surface area (Å²) in [6.07, 6.45) is -1.97. The Bertz CT molecular complexity index is 571. The van der Waals surface area contributed by atoms with Crippen LogP contribution >= 0.6 is 0 Å². The summed E-state index contributed by atoms with van der Waals surface area (Å²) in [5.41, 5.74) is 0.655. The van der Waals surface area contributed by atoms with Gasteiger partial charge in [0.25, 0.3) is 0 Å². The molecule has 0 amide bonds. The molecule has 0 spiro atoms. The molecule has 1 atom stereocenters. The lowest BCUT2D eigenvalue weighted by molar-refractivity contribution is -0.137. The molecule has 0 aliphatic heterocycles. The first kappa shape index (κ1) is 14.3. The maximum atomic E-state index is 12.4. The van der Waals surface area contributed by atoms with Crippen molar-refractivity contribution in [2.75, 3.05) is 0 Å². The van der Waals surface area contributed by atoms with E-state index in [0.717, 1.165) is 17.7 Å². The van der Waals surface area contributed by atoms with Gasteiger partial charge in [0, 0.05) is 0 Å². The molecule has 0 aliphatic rings. The molecular weight excluding hydrogens is 265 g/mol. The predicted molar refractivity (Wildman–Crippen MR) is 71.9 cm³/mol. The van der Waals surface area contributed by atoms with Gasteiger partial charge in [-0.2, -0.15) is 13.2 Å². The van der Waals surface area contributed by atoms with Gasteiger partial charge in [-0.3, -0.25) is 0 Å². The summed E-state index contributed by atoms with van der Waals surface area (Å²) in [5, 5.41) is 9.90. The maximum Gasteiger partial charge on any atom is 0.416 e. The normalized spacial score (nSPS) is 13.6. The van der Waals surface area contributed by atoms with Crippen LogP contribution in [0.3, 0.4) is 0 Å². The Hall–Kier alpha value is -2.07. The van der Waals surface area contributed by atoms with Crippen LogP contribution in [-0.2, 0) is 6.18 Å². The molecule has 1 N–H and O–H groups in total. The van der Waals surface area contributed by atoms with Gasteiger partial charge in [-0.15, -0.1) is 0 Å². The predicted octanol–water partition coefficient (Wildman–Crippen LogP) is 4.45. The lowest BCUT2D eigenvalue weighted by atomic mass is 10.1. The van der Waals surface area contributed by atoms with Crippen molar-refractivity contribution in [1.82, 2.24) is 0 Å². The van der Waals surface area contributed by atoms with E-state index in [1.165, 1.54) is 18.2 Å². The summed E-state index contributed by atoms with van der Waals surface area (Å²) < 4.78 is 37.2. The fourth-order valence-electron chi connectivity index (χ4n) is 1.75. The summed E-state index contributed by atoms with van der Waals surface area (Å²) in [7, 11) is 0. The minimum Gasteiger partial charge on any atom is -0.384 e. The van der Waals surface area contributed by atoms with E-state index in [1.807, 2.05) is 18.2 Å². The Balaban J connectivity index is 2.08. The first-order chi connectivity index (χ1) is 9.47. The molecular formula is C16H13F3O. The Labute approximate surface area is 115 Å². The van der Waals surface area contributed by atoms with Crippen molar-refractivity contribution in [2.45, 2.75) is 12.3 Å². The van der Waals surface area contributed by atoms with Gasteiger partial charge in [0.2, 0.25) is 0 Å². The fourth-order valence-corrected chi connectivity index (χ4v) is 1.75. The van der Waals surface area contributed by atoms with Gasteiger partial charge in [0.1, 0.15) is 0 Å². The van der Waals surface area contributed by atoms with E-state index in [9.17, 15) is 18.3 Å². The number of benzene rings is 2. The molecule has 0 aliphatic carbocycles. The fraction of sp³-hybridized carbons (Fsp3) is 0.125. The zero-order chi connectivity index (χ0) is 14.6. The number of aliphatic hydroxyl groups is 1. The van der Waals surface area contributed by atoms with Crippen LogP contribution in [0, 0.1) is 0 Å². The SMILES string of the molecule is O[C@H](/C=C/c1ccc(C(F)(F)F)cc1)c1ccccc1. The zero-order valence-corrected chi connectivity index (χ0v) is 10.5. The third-order valence-corrected chi connectivity index (χ3v) is 2.85. The van der Waals surface area contributed by atoms with Gasteiger partial charge in [0.15, 0.2) is 0 Å². The summed E-state index contributed by atoms with van der Waals surface area (Å²) in [5.74, 6) is 0. The maximum absolute atomic E-state index is 12.4. The van der Waals surface area contributed by atoms with Crippen molar-refractivity contribution in [2.24, 2.45) is 0 Å². The molecule has 0 aromatic heterocycles. The molecule has 104 valence electrons. The van der Waals surface area contributed by atoms with E-state index >= 15 is 0 Å². The molecule has 2 rings (SSSR count). The molecule has 0 heterocycles. The first-order valence-corrected chi connectivity index (χ1v) is 6.05. The van der Waals surface area contributed by atoms with Crippen molar-refractivity contribution in [1.29, 1.82) is 0 Å². The highest BCUT2D eigenvalue weighted by Gasteiger charge is 2.29. The molecule has 2 aromatic rings. The molecule has 20 heavy (non-hydrogen) atoms. The molecule has 0 saturated heterocycles. The first-order valence-electron chi connectivity index (χ1n) is 6.05. The van der Waals surface area contributed by atoms with Crippen molar-refractivity contribution in [3.05, 3.63) is 77.4 Å². The average molecular weight is 278 g/mol. The Morgan fingerprint density at radius 1 is 0.900 bits per heavy atom. The second-order valence-electron chi connectivity index (χ2n) is 4.33. The van der Waals surface area contributed by atoms with Gasteiger partial charge in [-0.05, 0) is 23.3 Å². The number of rotatable bonds is 3. The minimum absolute atomic E-state index is 0.605. The summed E-state index contributed by atoms with van der Waals surface area (Å²) >= 11 is 0. The molecule has 1 nitrogen and oxygen atoms in total. The van der Waals surface area contributed by atoms with Gasteiger partial charge in [-0.25, -0.2) is 0 Å². The summed E-state index contributed by atoms with van der Waals surface area (Å²) in [6, 6.07) is 13.8. The molecule has 0 fully saturated rings. The van der Waals surface area contributed by atoms with Crippen LogP contribution in [-0.4, -0.2) is 5.11 Å². The van der Waals surface area contributed by atoms with Crippen LogP contribution in [0.15, 0.2) is 60.7 Å². The van der Waals surface area contributed by atoms with Crippen LogP contribution in [0.1, 0.15) is 22.8 Å². The lowest BCUT2D eigenvalue weighted by Gasteiger charge is -2.07. The van der Waals surface area contributed by atoms with Crippen LogP contribution in [0.5, 0.6) is 0 Å². The molecule has 2 aromatic carbocycles. The molecule has 0 bridgehead atoms. The number of aliphatic hydroxyl groups excluding tert-OH is 1. The third kappa shape index (κ3) is 3.71. The minimum atomic E-state index is -4.33. The average Bonchev–Trinajstić information content (AvgIpc) is 2.45. The largest absolute Gasteiger partial charge is 0.416 e. The van der Waals surface area contributed by atoms with E-state index in [2.05, 4.69) is 0 Å². The number of hydrogen-bond acceptors (Lipinski definition) is 1. The second-order valence-corrected chi connectivity index (χ2v) is 4.33. The zero-order valence-electron chi connectivity index (χ0n) is 10.5. The molecule has 0 saturated carbocycles. The van der Waals surface area contributed by atoms with Crippen LogP contribution in [0.25, 0.3) is 6.08 Å². The van der Waals surface area contributed by atoms with Crippen LogP contribution in [0.4, 0.5) is 13.2 Å². The van der Waals surface area contributed by atoms with Crippen molar-refractivity contribution in [3.8, 4) is 0 Å². The van der Waals surface area contributed by atoms with E-state index in [1.54, 1.807) is 18.2 Å². The van der Waals surface area contributed by atoms with Crippen molar-refractivity contribution < 1.29 is 18.3 Å². The highest BCUT2D eigenvalue weighted by atomic mass is 19.4. The molecule has 0 unspecified atom stereocenters. The number of alkyl halides is 3. The topological polar surface area (TPSA) is 20.2 Å². The van der Waals surface area contributed by atoms with Gasteiger partial charge >= 0.3 is 6.18 Å². The molecule has 0 radical (unpaired) electrons. The second kappa shape index (κ2) is 5.92. The highest BCUT2D eigenvalue weighted by molar-refractivity contribution is 5.51. The van der Waals surface area contributed by atoms with E-state index in [4.69, 9.17) is 0 Å². The third-order valence-electron chi connectivity index (χ3n) is 2.85. The van der Waals surface area contributed by atoms with Crippen molar-refractivity contribution >= 4 is 6.08 Å². The summed E-state index contributed by atoms with van der Waals surface area (Å²) in [4.78, 5) is 0. The van der Waals surface area contributed by atoms with Crippen LogP contribution < -0.4 is 0 Å². The number of halogens is 3. The van der Waals surface area contributed by atoms with Crippen LogP contribution in [0.2, 0.25) is 0 Å². The van der Waals surface area contributed by atoms with E-state index in [-0.39, 0.29) is 0 Å². The standard InChI is InChI=1S/C16H13F3O/c17-16(18,19)14-9-6-12(7-10-14)8-11-15(20)13-4-2-1-3-5-13/h1-11,15,20H/b11-8+/t15-/m1/s1. The quantitative estimate of drug-likeness (QED) is 0.879. The van der Waals surface area contributed by atoms with Gasteiger partial charge < -0.3 is 5.11 Å². The Morgan fingerprint density at radius 3 is 2.05 bits per heavy atom. The van der Waals surface area contributed by atoms with Crippen molar-refractivity contribution in [3.63, 3.8) is 0 Å². The smallest absolute Gasteiger partial charge is 0.384 e. The lowest BCUT2D eigenvalue weighted by Crippen LogP contribution is -2.03. The van der Waals surface area contributed by atoms with Gasteiger partial charge in [-0.1, -0.05) is 54.6 Å². The van der Waals surface area contributed by atoms with E-state index in [0.29, 0.717) is 5.56 Å². The molecule has 4 heteroatoms. The summed E-state index contributed by atoms with van der Waals surface area (Å²) in [6.45, 7) is 0. The highest BCUT2D eigenvalue weighted by Crippen LogP contribution is 2.29. The Kier molecular flexibility index (Phi) is 4.25. The number of hydrogen-bond donors (Lipinski definition) is 1. The van der Waals surface area contributed by atoms with E-state index < -0.39 is 17.8 Å².